The summed E-state index contributed by atoms with van der Waals surface area (Å²) in [6.07, 6.45) is 4.30. The van der Waals surface area contributed by atoms with Crippen LogP contribution < -0.4 is 5.56 Å². The predicted molar refractivity (Wildman–Crippen MR) is 152 cm³/mol. The molecule has 0 radical (unpaired) electrons. The molecule has 204 valence electrons. The standard InChI is InChI=1S/C29H34N6O3S/c1-4-6-11-24-26(28(36)35-25(29(37)38-5-2)17-12-19(3)34(24)35)39-18-20-13-15-21(16-14-20)22-9-7-8-10-23(22)27-30-32-33-31-27/h7-10,13-16,19,25H,4-6,11-12,17-18H2,1-3H3,(H,30,31,32,33). The molecule has 0 amide bonds. The van der Waals surface area contributed by atoms with Gasteiger partial charge in [-0.2, -0.15) is 0 Å². The Morgan fingerprint density at radius 3 is 2.54 bits per heavy atom. The summed E-state index contributed by atoms with van der Waals surface area (Å²) in [5, 5.41) is 14.3. The van der Waals surface area contributed by atoms with E-state index in [0.717, 1.165) is 58.5 Å². The monoisotopic (exact) mass is 546 g/mol. The van der Waals surface area contributed by atoms with E-state index in [4.69, 9.17) is 4.74 Å². The summed E-state index contributed by atoms with van der Waals surface area (Å²) in [5.41, 5.74) is 5.11. The quantitative estimate of drug-likeness (QED) is 0.204. The number of aromatic amines is 1. The topological polar surface area (TPSA) is 108 Å². The zero-order valence-corrected chi connectivity index (χ0v) is 23.4. The van der Waals surface area contributed by atoms with Crippen LogP contribution in [0.5, 0.6) is 0 Å². The third kappa shape index (κ3) is 5.43. The summed E-state index contributed by atoms with van der Waals surface area (Å²) >= 11 is 1.56. The van der Waals surface area contributed by atoms with Crippen LogP contribution in [-0.4, -0.2) is 42.6 Å². The van der Waals surface area contributed by atoms with Crippen molar-refractivity contribution in [2.45, 2.75) is 75.6 Å². The molecule has 0 aliphatic carbocycles. The molecule has 1 aliphatic heterocycles. The molecule has 2 aromatic heterocycles. The first-order valence-corrected chi connectivity index (χ1v) is 14.6. The number of aromatic nitrogens is 6. The normalized spacial score (nSPS) is 16.7. The second-order valence-electron chi connectivity index (χ2n) is 9.85. The maximum Gasteiger partial charge on any atom is 0.330 e. The molecule has 4 aromatic rings. The fourth-order valence-electron chi connectivity index (χ4n) is 5.30. The molecule has 2 aromatic carbocycles. The van der Waals surface area contributed by atoms with Gasteiger partial charge in [0.2, 0.25) is 0 Å². The van der Waals surface area contributed by atoms with Crippen molar-refractivity contribution < 1.29 is 9.53 Å². The number of carbonyl (C=O) groups is 1. The number of tetrazole rings is 1. The minimum Gasteiger partial charge on any atom is -0.464 e. The van der Waals surface area contributed by atoms with E-state index in [-0.39, 0.29) is 17.6 Å². The number of nitrogens with zero attached hydrogens (tertiary/aromatic N) is 5. The van der Waals surface area contributed by atoms with E-state index in [1.165, 1.54) is 0 Å². The second kappa shape index (κ2) is 12.0. The van der Waals surface area contributed by atoms with Crippen molar-refractivity contribution in [1.82, 2.24) is 30.0 Å². The third-order valence-electron chi connectivity index (χ3n) is 7.25. The molecule has 0 bridgehead atoms. The number of hydrogen-bond acceptors (Lipinski definition) is 7. The van der Waals surface area contributed by atoms with Crippen molar-refractivity contribution in [2.24, 2.45) is 0 Å². The lowest BCUT2D eigenvalue weighted by molar-refractivity contribution is -0.149. The Balaban J connectivity index is 1.42. The largest absolute Gasteiger partial charge is 0.464 e. The Bertz CT molecular complexity index is 1480. The molecule has 0 spiro atoms. The van der Waals surface area contributed by atoms with E-state index in [2.05, 4.69) is 69.5 Å². The Hall–Kier alpha value is -3.66. The van der Waals surface area contributed by atoms with Gasteiger partial charge < -0.3 is 4.74 Å². The maximum absolute atomic E-state index is 13.8. The summed E-state index contributed by atoms with van der Waals surface area (Å²) in [6.45, 7) is 6.39. The minimum absolute atomic E-state index is 0.0816. The van der Waals surface area contributed by atoms with Gasteiger partial charge in [0.15, 0.2) is 11.9 Å². The lowest BCUT2D eigenvalue weighted by atomic mass is 9.98. The fraction of sp³-hybridized carbons (Fsp3) is 0.414. The first-order chi connectivity index (χ1) is 19.0. The Morgan fingerprint density at radius 1 is 1.08 bits per heavy atom. The van der Waals surface area contributed by atoms with E-state index in [1.54, 1.807) is 23.4 Å². The number of carbonyl (C=O) groups excluding carboxylic acids is 1. The van der Waals surface area contributed by atoms with Gasteiger partial charge in [-0.15, -0.1) is 16.9 Å². The second-order valence-corrected chi connectivity index (χ2v) is 10.8. The average molecular weight is 547 g/mol. The van der Waals surface area contributed by atoms with Crippen molar-refractivity contribution >= 4 is 17.7 Å². The molecule has 0 saturated carbocycles. The zero-order valence-electron chi connectivity index (χ0n) is 22.6. The molecule has 0 saturated heterocycles. The van der Waals surface area contributed by atoms with Gasteiger partial charge in [-0.1, -0.05) is 61.9 Å². The Morgan fingerprint density at radius 2 is 1.85 bits per heavy atom. The highest BCUT2D eigenvalue weighted by Crippen LogP contribution is 2.35. The lowest BCUT2D eigenvalue weighted by Crippen LogP contribution is -2.38. The first-order valence-electron chi connectivity index (χ1n) is 13.6. The van der Waals surface area contributed by atoms with E-state index in [9.17, 15) is 9.59 Å². The van der Waals surface area contributed by atoms with Gasteiger partial charge in [-0.3, -0.25) is 9.48 Å². The number of H-pyrrole nitrogens is 1. The smallest absolute Gasteiger partial charge is 0.330 e. The maximum atomic E-state index is 13.8. The number of unbranched alkanes of at least 4 members (excludes halogenated alkanes) is 1. The van der Waals surface area contributed by atoms with Crippen molar-refractivity contribution in [1.29, 1.82) is 0 Å². The van der Waals surface area contributed by atoms with Crippen LogP contribution in [0.15, 0.2) is 58.2 Å². The highest BCUT2D eigenvalue weighted by molar-refractivity contribution is 7.98. The van der Waals surface area contributed by atoms with Crippen molar-refractivity contribution in [3.63, 3.8) is 0 Å². The average Bonchev–Trinajstić information content (AvgIpc) is 3.59. The summed E-state index contributed by atoms with van der Waals surface area (Å²) in [6, 6.07) is 16.0. The molecule has 1 aliphatic rings. The van der Waals surface area contributed by atoms with Crippen LogP contribution in [0.1, 0.15) is 69.8 Å². The number of fused-ring (bicyclic) bond motifs is 1. The van der Waals surface area contributed by atoms with Crippen LogP contribution in [-0.2, 0) is 21.7 Å². The Kier molecular flexibility index (Phi) is 8.30. The van der Waals surface area contributed by atoms with Crippen LogP contribution in [0.2, 0.25) is 0 Å². The van der Waals surface area contributed by atoms with Crippen LogP contribution >= 0.6 is 11.8 Å². The SMILES string of the molecule is CCCCc1c(SCc2ccc(-c3ccccc3-c3nnn[nH]3)cc2)c(=O)n2n1C(C)CCC2C(=O)OCC. The summed E-state index contributed by atoms with van der Waals surface area (Å²) in [4.78, 5) is 27.3. The molecule has 2 atom stereocenters. The highest BCUT2D eigenvalue weighted by Gasteiger charge is 2.35. The molecular formula is C29H34N6O3S. The minimum atomic E-state index is -0.567. The molecule has 3 heterocycles. The van der Waals surface area contributed by atoms with Gasteiger partial charge in [0, 0.05) is 17.4 Å². The number of rotatable bonds is 10. The van der Waals surface area contributed by atoms with Gasteiger partial charge in [-0.05, 0) is 66.6 Å². The zero-order chi connectivity index (χ0) is 27.4. The number of esters is 1. The fourth-order valence-corrected chi connectivity index (χ4v) is 6.38. The lowest BCUT2D eigenvalue weighted by Gasteiger charge is -2.31. The van der Waals surface area contributed by atoms with Crippen LogP contribution in [0, 0.1) is 0 Å². The summed E-state index contributed by atoms with van der Waals surface area (Å²) in [5.74, 6) is 0.962. The van der Waals surface area contributed by atoms with Crippen LogP contribution in [0.25, 0.3) is 22.5 Å². The molecule has 0 fully saturated rings. The first kappa shape index (κ1) is 26.9. The van der Waals surface area contributed by atoms with Crippen molar-refractivity contribution in [3.05, 3.63) is 70.1 Å². The van der Waals surface area contributed by atoms with Crippen molar-refractivity contribution in [3.8, 4) is 22.5 Å². The molecule has 9 nitrogen and oxygen atoms in total. The van der Waals surface area contributed by atoms with Gasteiger partial charge in [0.05, 0.1) is 17.2 Å². The van der Waals surface area contributed by atoms with Gasteiger partial charge in [0.1, 0.15) is 0 Å². The van der Waals surface area contributed by atoms with Gasteiger partial charge in [-0.25, -0.2) is 14.6 Å². The molecule has 10 heteroatoms. The number of benzene rings is 2. The van der Waals surface area contributed by atoms with Crippen molar-refractivity contribution in [2.75, 3.05) is 6.61 Å². The van der Waals surface area contributed by atoms with E-state index >= 15 is 0 Å². The van der Waals surface area contributed by atoms with Gasteiger partial charge in [0.25, 0.3) is 5.56 Å². The molecule has 39 heavy (non-hydrogen) atoms. The van der Waals surface area contributed by atoms with Gasteiger partial charge >= 0.3 is 5.97 Å². The Labute approximate surface area is 231 Å². The van der Waals surface area contributed by atoms with E-state index in [0.29, 0.717) is 24.6 Å². The molecule has 5 rings (SSSR count). The highest BCUT2D eigenvalue weighted by atomic mass is 32.2. The third-order valence-corrected chi connectivity index (χ3v) is 8.42. The van der Waals surface area contributed by atoms with Crippen LogP contribution in [0.4, 0.5) is 0 Å². The number of hydrogen-bond donors (Lipinski definition) is 1. The van der Waals surface area contributed by atoms with Crippen LogP contribution in [0.3, 0.4) is 0 Å². The molecule has 2 unspecified atom stereocenters. The summed E-state index contributed by atoms with van der Waals surface area (Å²) < 4.78 is 9.10. The molecular weight excluding hydrogens is 512 g/mol. The van der Waals surface area contributed by atoms with E-state index < -0.39 is 6.04 Å². The number of thioether (sulfide) groups is 1. The number of nitrogens with one attached hydrogen (secondary N) is 1. The number of ether oxygens (including phenoxy) is 1. The molecule has 1 N–H and O–H groups in total. The predicted octanol–water partition coefficient (Wildman–Crippen LogP) is 5.59. The summed E-state index contributed by atoms with van der Waals surface area (Å²) in [7, 11) is 0. The van der Waals surface area contributed by atoms with E-state index in [1.807, 2.05) is 18.2 Å².